The lowest BCUT2D eigenvalue weighted by Gasteiger charge is -2.34. The summed E-state index contributed by atoms with van der Waals surface area (Å²) in [4.78, 5) is 2.40. The second-order valence-corrected chi connectivity index (χ2v) is 9.11. The molecule has 26 heavy (non-hydrogen) atoms. The summed E-state index contributed by atoms with van der Waals surface area (Å²) in [6, 6.07) is 6.83. The second-order valence-electron chi connectivity index (χ2n) is 9.11. The van der Waals surface area contributed by atoms with E-state index in [0.29, 0.717) is 12.0 Å². The van der Waals surface area contributed by atoms with Crippen LogP contribution in [0, 0.1) is 5.92 Å². The number of benzene rings is 1. The number of piperidine rings is 1. The highest BCUT2D eigenvalue weighted by molar-refractivity contribution is 6.62. The average molecular weight is 355 g/mol. The first kappa shape index (κ1) is 18.0. The van der Waals surface area contributed by atoms with Crippen LogP contribution in [0.1, 0.15) is 47.1 Å². The summed E-state index contributed by atoms with van der Waals surface area (Å²) < 4.78 is 14.6. The fourth-order valence-electron chi connectivity index (χ4n) is 4.08. The molecule has 0 unspecified atom stereocenters. The molecule has 0 N–H and O–H groups in total. The molecule has 1 aromatic heterocycles. The maximum Gasteiger partial charge on any atom is 0.494 e. The van der Waals surface area contributed by atoms with Crippen LogP contribution in [0.2, 0.25) is 0 Å². The van der Waals surface area contributed by atoms with Crippen molar-refractivity contribution in [3.63, 3.8) is 0 Å². The topological polar surface area (TPSA) is 39.5 Å². The molecule has 2 saturated heterocycles. The molecule has 0 radical (unpaired) electrons. The standard InChI is InChI=1S/C20H30BN3O2/c1-14-12-23(6)10-9-18(14)24-13-15-7-8-16(11-17(15)22-24)21-25-19(2,3)20(4,5)26-21/h7-8,11,13-14,18H,9-10,12H2,1-6H3/t14-,18-/m0/s1. The SMILES string of the molecule is C[C@H]1CN(C)CC[C@@H]1n1cc2ccc(B3OC(C)(C)C(C)(C)O3)cc2n1. The van der Waals surface area contributed by atoms with Crippen LogP contribution in [0.15, 0.2) is 24.4 Å². The highest BCUT2D eigenvalue weighted by Crippen LogP contribution is 2.36. The first-order valence-corrected chi connectivity index (χ1v) is 9.69. The van der Waals surface area contributed by atoms with E-state index in [4.69, 9.17) is 14.4 Å². The van der Waals surface area contributed by atoms with Gasteiger partial charge in [-0.2, -0.15) is 5.10 Å². The van der Waals surface area contributed by atoms with Gasteiger partial charge >= 0.3 is 7.12 Å². The lowest BCUT2D eigenvalue weighted by molar-refractivity contribution is 0.00578. The lowest BCUT2D eigenvalue weighted by Crippen LogP contribution is -2.41. The molecule has 0 spiro atoms. The van der Waals surface area contributed by atoms with E-state index in [-0.39, 0.29) is 18.3 Å². The van der Waals surface area contributed by atoms with Gasteiger partial charge in [0.1, 0.15) is 0 Å². The van der Waals surface area contributed by atoms with Crippen molar-refractivity contribution in [1.82, 2.24) is 14.7 Å². The molecule has 6 heteroatoms. The van der Waals surface area contributed by atoms with E-state index >= 15 is 0 Å². The zero-order valence-electron chi connectivity index (χ0n) is 16.8. The van der Waals surface area contributed by atoms with Gasteiger partial charge in [-0.25, -0.2) is 0 Å². The first-order valence-electron chi connectivity index (χ1n) is 9.69. The Hall–Kier alpha value is -1.37. The highest BCUT2D eigenvalue weighted by Gasteiger charge is 2.51. The number of hydrogen-bond acceptors (Lipinski definition) is 4. The van der Waals surface area contributed by atoms with Crippen molar-refractivity contribution in [3.8, 4) is 0 Å². The zero-order valence-corrected chi connectivity index (χ0v) is 16.8. The number of hydrogen-bond donors (Lipinski definition) is 0. The van der Waals surface area contributed by atoms with Gasteiger partial charge in [-0.1, -0.05) is 19.1 Å². The Kier molecular flexibility index (Phi) is 4.21. The molecule has 1 aromatic carbocycles. The van der Waals surface area contributed by atoms with Crippen LogP contribution in [-0.2, 0) is 9.31 Å². The van der Waals surface area contributed by atoms with Crippen molar-refractivity contribution in [2.75, 3.05) is 20.1 Å². The predicted octanol–water partition coefficient (Wildman–Crippen LogP) is 2.85. The molecule has 0 aliphatic carbocycles. The summed E-state index contributed by atoms with van der Waals surface area (Å²) >= 11 is 0. The monoisotopic (exact) mass is 355 g/mol. The minimum absolute atomic E-state index is 0.324. The van der Waals surface area contributed by atoms with Gasteiger partial charge in [-0.3, -0.25) is 4.68 Å². The van der Waals surface area contributed by atoms with Gasteiger partial charge in [-0.15, -0.1) is 0 Å². The second kappa shape index (κ2) is 6.08. The van der Waals surface area contributed by atoms with E-state index in [2.05, 4.69) is 75.6 Å². The van der Waals surface area contributed by atoms with Gasteiger partial charge in [0.05, 0.1) is 22.8 Å². The average Bonchev–Trinajstić information content (AvgIpc) is 3.04. The molecule has 2 fully saturated rings. The summed E-state index contributed by atoms with van der Waals surface area (Å²) in [7, 11) is 1.86. The van der Waals surface area contributed by atoms with E-state index in [1.165, 1.54) is 5.39 Å². The third-order valence-corrected chi connectivity index (χ3v) is 6.48. The fourth-order valence-corrected chi connectivity index (χ4v) is 4.08. The van der Waals surface area contributed by atoms with Crippen LogP contribution in [-0.4, -0.2) is 53.1 Å². The molecular formula is C20H30BN3O2. The normalized spacial score (nSPS) is 28.8. The lowest BCUT2D eigenvalue weighted by atomic mass is 9.79. The Morgan fingerprint density at radius 1 is 1.15 bits per heavy atom. The van der Waals surface area contributed by atoms with Crippen molar-refractivity contribution in [3.05, 3.63) is 24.4 Å². The quantitative estimate of drug-likeness (QED) is 0.777. The molecule has 2 aliphatic rings. The molecule has 140 valence electrons. The van der Waals surface area contributed by atoms with Crippen LogP contribution >= 0.6 is 0 Å². The number of fused-ring (bicyclic) bond motifs is 1. The number of likely N-dealkylation sites (tertiary alicyclic amines) is 1. The van der Waals surface area contributed by atoms with E-state index in [1.54, 1.807) is 0 Å². The molecule has 0 amide bonds. The first-order chi connectivity index (χ1) is 12.2. The summed E-state index contributed by atoms with van der Waals surface area (Å²) in [5.74, 6) is 0.602. The molecule has 5 nitrogen and oxygen atoms in total. The molecular weight excluding hydrogens is 325 g/mol. The van der Waals surface area contributed by atoms with Crippen molar-refractivity contribution in [2.24, 2.45) is 5.92 Å². The Morgan fingerprint density at radius 2 is 1.85 bits per heavy atom. The van der Waals surface area contributed by atoms with Gasteiger partial charge in [0.15, 0.2) is 0 Å². The van der Waals surface area contributed by atoms with Crippen LogP contribution < -0.4 is 5.46 Å². The summed E-state index contributed by atoms with van der Waals surface area (Å²) in [6.45, 7) is 12.9. The largest absolute Gasteiger partial charge is 0.494 e. The molecule has 2 aromatic rings. The molecule has 2 atom stereocenters. The van der Waals surface area contributed by atoms with Gasteiger partial charge < -0.3 is 14.2 Å². The third kappa shape index (κ3) is 2.98. The Bertz CT molecular complexity index is 800. The van der Waals surface area contributed by atoms with Crippen LogP contribution in [0.3, 0.4) is 0 Å². The van der Waals surface area contributed by atoms with Gasteiger partial charge in [0, 0.05) is 18.1 Å². The summed E-state index contributed by atoms with van der Waals surface area (Å²) in [6.07, 6.45) is 3.34. The van der Waals surface area contributed by atoms with E-state index in [0.717, 1.165) is 30.5 Å². The van der Waals surface area contributed by atoms with E-state index < -0.39 is 0 Å². The predicted molar refractivity (Wildman–Crippen MR) is 106 cm³/mol. The molecule has 0 saturated carbocycles. The van der Waals surface area contributed by atoms with Gasteiger partial charge in [-0.05, 0) is 65.2 Å². The third-order valence-electron chi connectivity index (χ3n) is 6.48. The highest BCUT2D eigenvalue weighted by atomic mass is 16.7. The van der Waals surface area contributed by atoms with Gasteiger partial charge in [0.25, 0.3) is 0 Å². The smallest absolute Gasteiger partial charge is 0.399 e. The summed E-state index contributed by atoms with van der Waals surface area (Å²) in [5.41, 5.74) is 1.41. The van der Waals surface area contributed by atoms with Crippen molar-refractivity contribution < 1.29 is 9.31 Å². The molecule has 2 aliphatic heterocycles. The maximum absolute atomic E-state index is 6.19. The fraction of sp³-hybridized carbons (Fsp3) is 0.650. The molecule has 3 heterocycles. The van der Waals surface area contributed by atoms with E-state index in [9.17, 15) is 0 Å². The maximum atomic E-state index is 6.19. The summed E-state index contributed by atoms with van der Waals surface area (Å²) in [5, 5.41) is 6.08. The van der Waals surface area contributed by atoms with Crippen LogP contribution in [0.25, 0.3) is 10.9 Å². The number of aromatic nitrogens is 2. The zero-order chi connectivity index (χ0) is 18.7. The van der Waals surface area contributed by atoms with Crippen molar-refractivity contribution in [2.45, 2.75) is 58.3 Å². The Balaban J connectivity index is 1.61. The van der Waals surface area contributed by atoms with Crippen LogP contribution in [0.5, 0.6) is 0 Å². The minimum Gasteiger partial charge on any atom is -0.399 e. The van der Waals surface area contributed by atoms with Crippen LogP contribution in [0.4, 0.5) is 0 Å². The molecule has 0 bridgehead atoms. The number of nitrogens with zero attached hydrogens (tertiary/aromatic N) is 3. The van der Waals surface area contributed by atoms with E-state index in [1.807, 2.05) is 0 Å². The number of rotatable bonds is 2. The van der Waals surface area contributed by atoms with Crippen molar-refractivity contribution in [1.29, 1.82) is 0 Å². The van der Waals surface area contributed by atoms with Gasteiger partial charge in [0.2, 0.25) is 0 Å². The minimum atomic E-state index is -0.336. The Labute approximate surface area is 156 Å². The van der Waals surface area contributed by atoms with Crippen molar-refractivity contribution >= 4 is 23.5 Å². The Morgan fingerprint density at radius 3 is 2.50 bits per heavy atom. The molecule has 4 rings (SSSR count).